The Labute approximate surface area is 120 Å². The summed E-state index contributed by atoms with van der Waals surface area (Å²) in [5.41, 5.74) is 1.50. The topological polar surface area (TPSA) is 53.2 Å². The maximum atomic E-state index is 12.8. The number of nitrogens with zero attached hydrogens (tertiary/aromatic N) is 3. The summed E-state index contributed by atoms with van der Waals surface area (Å²) in [5.74, 6) is -0.289. The molecule has 0 N–H and O–H groups in total. The van der Waals surface area contributed by atoms with Gasteiger partial charge in [-0.25, -0.2) is 9.07 Å². The van der Waals surface area contributed by atoms with Crippen LogP contribution in [0.3, 0.4) is 0 Å². The molecule has 6 heteroatoms. The molecule has 0 saturated carbocycles. The third kappa shape index (κ3) is 3.68. The minimum Gasteiger partial charge on any atom is -0.591 e. The first-order chi connectivity index (χ1) is 9.36. The number of hydrogen-bond donors (Lipinski definition) is 0. The first kappa shape index (κ1) is 14.7. The molecule has 0 spiro atoms. The van der Waals surface area contributed by atoms with Crippen LogP contribution in [0, 0.1) is 5.82 Å². The van der Waals surface area contributed by atoms with Gasteiger partial charge in [-0.05, 0) is 45.0 Å². The van der Waals surface area contributed by atoms with E-state index in [-0.39, 0.29) is 10.6 Å². The Hall–Kier alpha value is -1.66. The summed E-state index contributed by atoms with van der Waals surface area (Å²) in [5, 5.41) is 4.16. The van der Waals surface area contributed by atoms with Gasteiger partial charge >= 0.3 is 0 Å². The largest absolute Gasteiger partial charge is 0.591 e. The van der Waals surface area contributed by atoms with Gasteiger partial charge in [0.15, 0.2) is 0 Å². The fourth-order valence-corrected chi connectivity index (χ4v) is 1.94. The molecular weight excluding hydrogens is 277 g/mol. The van der Waals surface area contributed by atoms with Gasteiger partial charge in [-0.1, -0.05) is 4.40 Å². The van der Waals surface area contributed by atoms with Gasteiger partial charge in [0.1, 0.15) is 21.9 Å². The van der Waals surface area contributed by atoms with Crippen LogP contribution >= 0.6 is 0 Å². The van der Waals surface area contributed by atoms with Gasteiger partial charge in [0.05, 0.1) is 18.1 Å². The van der Waals surface area contributed by atoms with E-state index >= 15 is 0 Å². The van der Waals surface area contributed by atoms with Crippen LogP contribution in [0.4, 0.5) is 4.39 Å². The molecule has 0 fully saturated rings. The lowest BCUT2D eigenvalue weighted by Gasteiger charge is -2.17. The van der Waals surface area contributed by atoms with Crippen molar-refractivity contribution in [2.24, 2.45) is 4.40 Å². The van der Waals surface area contributed by atoms with Crippen LogP contribution in [0.15, 0.2) is 41.1 Å². The van der Waals surface area contributed by atoms with E-state index in [4.69, 9.17) is 0 Å². The summed E-state index contributed by atoms with van der Waals surface area (Å²) in [6.45, 7) is 5.59. The Bertz CT molecular complexity index is 602. The van der Waals surface area contributed by atoms with Crippen molar-refractivity contribution in [2.45, 2.75) is 25.5 Å². The van der Waals surface area contributed by atoms with Gasteiger partial charge in [0, 0.05) is 11.8 Å². The second kappa shape index (κ2) is 5.76. The number of halogens is 1. The van der Waals surface area contributed by atoms with E-state index in [9.17, 15) is 8.94 Å². The molecule has 0 aliphatic heterocycles. The van der Waals surface area contributed by atoms with Crippen molar-refractivity contribution in [1.82, 2.24) is 9.78 Å². The summed E-state index contributed by atoms with van der Waals surface area (Å²) in [6.07, 6.45) is 4.90. The normalized spacial score (nSPS) is 13.8. The molecule has 0 amide bonds. The Morgan fingerprint density at radius 2 is 1.95 bits per heavy atom. The van der Waals surface area contributed by atoms with Crippen LogP contribution in [-0.4, -0.2) is 25.3 Å². The van der Waals surface area contributed by atoms with E-state index in [1.165, 1.54) is 18.3 Å². The van der Waals surface area contributed by atoms with Crippen LogP contribution in [0.25, 0.3) is 5.69 Å². The van der Waals surface area contributed by atoms with Gasteiger partial charge in [-0.15, -0.1) is 0 Å². The van der Waals surface area contributed by atoms with Gasteiger partial charge in [-0.2, -0.15) is 5.10 Å². The molecule has 1 atom stereocenters. The van der Waals surface area contributed by atoms with Crippen molar-refractivity contribution in [2.75, 3.05) is 0 Å². The molecule has 0 aliphatic carbocycles. The first-order valence-electron chi connectivity index (χ1n) is 6.13. The van der Waals surface area contributed by atoms with Crippen molar-refractivity contribution in [3.8, 4) is 5.69 Å². The molecule has 4 nitrogen and oxygen atoms in total. The van der Waals surface area contributed by atoms with Crippen LogP contribution in [0.5, 0.6) is 0 Å². The van der Waals surface area contributed by atoms with E-state index < -0.39 is 11.4 Å². The summed E-state index contributed by atoms with van der Waals surface area (Å²) >= 11 is -1.29. The summed E-state index contributed by atoms with van der Waals surface area (Å²) in [6, 6.07) is 6.02. The molecule has 1 aromatic carbocycles. The molecule has 0 aliphatic rings. The molecule has 1 unspecified atom stereocenters. The van der Waals surface area contributed by atoms with Crippen LogP contribution < -0.4 is 0 Å². The predicted molar refractivity (Wildman–Crippen MR) is 79.0 cm³/mol. The summed E-state index contributed by atoms with van der Waals surface area (Å²) in [4.78, 5) is 0. The molecule has 0 bridgehead atoms. The lowest BCUT2D eigenvalue weighted by molar-refractivity contribution is 0.562. The SMILES string of the molecule is CC(C)(C)[S+]([O-])N=Cc1cnn(-c2ccc(F)cc2)c1. The van der Waals surface area contributed by atoms with Gasteiger partial charge < -0.3 is 4.55 Å². The van der Waals surface area contributed by atoms with E-state index in [0.717, 1.165) is 11.3 Å². The van der Waals surface area contributed by atoms with Crippen molar-refractivity contribution in [3.05, 3.63) is 48.0 Å². The molecule has 2 rings (SSSR count). The van der Waals surface area contributed by atoms with Crippen molar-refractivity contribution in [1.29, 1.82) is 0 Å². The Morgan fingerprint density at radius 1 is 1.30 bits per heavy atom. The standard InChI is InChI=1S/C14H16FN3OS/c1-14(2,3)20(19)17-9-11-8-16-18(10-11)13-6-4-12(15)5-7-13/h4-10H,1-3H3. The maximum absolute atomic E-state index is 12.8. The zero-order chi connectivity index (χ0) is 14.8. The third-order valence-electron chi connectivity index (χ3n) is 2.52. The fraction of sp³-hybridized carbons (Fsp3) is 0.286. The van der Waals surface area contributed by atoms with Gasteiger partial charge in [0.2, 0.25) is 0 Å². The van der Waals surface area contributed by atoms with Gasteiger partial charge in [-0.3, -0.25) is 0 Å². The van der Waals surface area contributed by atoms with Crippen LogP contribution in [0.1, 0.15) is 26.3 Å². The number of rotatable bonds is 3. The maximum Gasteiger partial charge on any atom is 0.144 e. The number of aromatic nitrogens is 2. The first-order valence-corrected chi connectivity index (χ1v) is 7.23. The minimum absolute atomic E-state index is 0.289. The minimum atomic E-state index is -1.29. The Balaban J connectivity index is 2.13. The Kier molecular flexibility index (Phi) is 4.25. The summed E-state index contributed by atoms with van der Waals surface area (Å²) < 4.78 is 29.9. The molecule has 20 heavy (non-hydrogen) atoms. The fourth-order valence-electron chi connectivity index (χ4n) is 1.41. The van der Waals surface area contributed by atoms with E-state index in [2.05, 4.69) is 9.50 Å². The molecule has 1 aromatic heterocycles. The third-order valence-corrected chi connectivity index (χ3v) is 3.86. The highest BCUT2D eigenvalue weighted by atomic mass is 32.2. The zero-order valence-electron chi connectivity index (χ0n) is 11.6. The molecule has 0 radical (unpaired) electrons. The van der Waals surface area contributed by atoms with Crippen molar-refractivity contribution >= 4 is 17.6 Å². The van der Waals surface area contributed by atoms with E-state index in [0.29, 0.717) is 0 Å². The second-order valence-electron chi connectivity index (χ2n) is 5.29. The predicted octanol–water partition coefficient (Wildman–Crippen LogP) is 2.89. The second-order valence-corrected chi connectivity index (χ2v) is 7.22. The average molecular weight is 293 g/mol. The highest BCUT2D eigenvalue weighted by molar-refractivity contribution is 7.91. The molecule has 106 valence electrons. The Morgan fingerprint density at radius 3 is 2.55 bits per heavy atom. The van der Waals surface area contributed by atoms with Crippen molar-refractivity contribution < 1.29 is 8.94 Å². The number of benzene rings is 1. The van der Waals surface area contributed by atoms with Crippen molar-refractivity contribution in [3.63, 3.8) is 0 Å². The highest BCUT2D eigenvalue weighted by Gasteiger charge is 2.25. The zero-order valence-corrected chi connectivity index (χ0v) is 12.4. The average Bonchev–Trinajstić information content (AvgIpc) is 2.84. The number of hydrogen-bond acceptors (Lipinski definition) is 3. The lowest BCUT2D eigenvalue weighted by atomic mass is 10.3. The van der Waals surface area contributed by atoms with Gasteiger partial charge in [0.25, 0.3) is 0 Å². The molecule has 1 heterocycles. The molecule has 0 saturated heterocycles. The van der Waals surface area contributed by atoms with E-state index in [1.807, 2.05) is 20.8 Å². The highest BCUT2D eigenvalue weighted by Crippen LogP contribution is 2.17. The summed E-state index contributed by atoms with van der Waals surface area (Å²) in [7, 11) is 0. The molecule has 2 aromatic rings. The smallest absolute Gasteiger partial charge is 0.144 e. The van der Waals surface area contributed by atoms with E-state index in [1.54, 1.807) is 29.2 Å². The monoisotopic (exact) mass is 293 g/mol. The van der Waals surface area contributed by atoms with Crippen LogP contribution in [-0.2, 0) is 11.4 Å². The lowest BCUT2D eigenvalue weighted by Crippen LogP contribution is -2.25. The van der Waals surface area contributed by atoms with Crippen LogP contribution in [0.2, 0.25) is 0 Å². The molecular formula is C14H16FN3OS. The quantitative estimate of drug-likeness (QED) is 0.645.